The molecule has 5 aromatic rings. The number of rotatable bonds is 15. The molecule has 2 amide bonds. The Bertz CT molecular complexity index is 2100. The molecule has 3 N–H and O–H groups in total. The van der Waals surface area contributed by atoms with Crippen LogP contribution in [0.5, 0.6) is 11.8 Å². The van der Waals surface area contributed by atoms with Crippen molar-refractivity contribution in [3.8, 4) is 11.8 Å². The highest BCUT2D eigenvalue weighted by Crippen LogP contribution is 2.46. The van der Waals surface area contributed by atoms with E-state index in [-0.39, 0.29) is 31.1 Å². The van der Waals surface area contributed by atoms with Crippen molar-refractivity contribution in [2.24, 2.45) is 5.92 Å². The molecule has 10 heteroatoms. The Labute approximate surface area is 327 Å². The van der Waals surface area contributed by atoms with Gasteiger partial charge in [0.2, 0.25) is 11.8 Å². The van der Waals surface area contributed by atoms with Crippen molar-refractivity contribution >= 4 is 17.7 Å². The Kier molecular flexibility index (Phi) is 11.3. The van der Waals surface area contributed by atoms with Crippen molar-refractivity contribution < 1.29 is 28.9 Å². The molecule has 1 aromatic heterocycles. The van der Waals surface area contributed by atoms with Crippen LogP contribution in [0, 0.1) is 5.92 Å². The van der Waals surface area contributed by atoms with Crippen LogP contribution in [0.2, 0.25) is 0 Å². The lowest BCUT2D eigenvalue weighted by Gasteiger charge is -2.38. The zero-order valence-electron chi connectivity index (χ0n) is 31.4. The van der Waals surface area contributed by atoms with E-state index in [1.807, 2.05) is 109 Å². The van der Waals surface area contributed by atoms with E-state index in [0.717, 1.165) is 53.5 Å². The Morgan fingerprint density at radius 1 is 0.768 bits per heavy atom. The maximum Gasteiger partial charge on any atom is 0.407 e. The average Bonchev–Trinajstić information content (AvgIpc) is 4.04. The van der Waals surface area contributed by atoms with E-state index < -0.39 is 11.7 Å². The molecule has 56 heavy (non-hydrogen) atoms. The van der Waals surface area contributed by atoms with Gasteiger partial charge >= 0.3 is 6.09 Å². The van der Waals surface area contributed by atoms with E-state index in [1.165, 1.54) is 0 Å². The Balaban J connectivity index is 0.937. The van der Waals surface area contributed by atoms with E-state index in [4.69, 9.17) is 19.2 Å². The lowest BCUT2D eigenvalue weighted by atomic mass is 9.81. The lowest BCUT2D eigenvalue weighted by molar-refractivity contribution is -0.00437. The minimum Gasteiger partial charge on any atom is -0.473 e. The van der Waals surface area contributed by atoms with Crippen molar-refractivity contribution in [3.05, 3.63) is 155 Å². The van der Waals surface area contributed by atoms with E-state index in [9.17, 15) is 14.7 Å². The van der Waals surface area contributed by atoms with Crippen LogP contribution in [0.15, 0.2) is 121 Å². The van der Waals surface area contributed by atoms with Gasteiger partial charge in [0.05, 0.1) is 12.1 Å². The average molecular weight is 753 g/mol. The molecule has 4 aromatic carbocycles. The van der Waals surface area contributed by atoms with Gasteiger partial charge < -0.3 is 30.0 Å². The Morgan fingerprint density at radius 2 is 1.39 bits per heavy atom. The number of nitrogens with one attached hydrogen (secondary N) is 2. The number of hydrogen-bond donors (Lipinski definition) is 3. The number of aliphatic hydroxyl groups is 1. The van der Waals surface area contributed by atoms with E-state index in [1.54, 1.807) is 11.0 Å². The summed E-state index contributed by atoms with van der Waals surface area (Å²) >= 11 is 0. The summed E-state index contributed by atoms with van der Waals surface area (Å²) < 4.78 is 17.7. The number of anilines is 1. The number of alkyl carbamates (subject to hydrolysis) is 1. The molecular weight excluding hydrogens is 705 g/mol. The first kappa shape index (κ1) is 37.2. The SMILES string of the molecule is O=C(NCC1(O)CCC(NC(c2cccc3c2CN(c2ccc(OCc4ccccc4)nc2OCc2ccccc2)C3=O)C2CC2)CC1)OCc1ccccc1. The number of amides is 2. The third kappa shape index (κ3) is 9.04. The number of carbonyl (C=O) groups excluding carboxylic acids is 2. The molecule has 2 saturated carbocycles. The minimum absolute atomic E-state index is 0.0840. The van der Waals surface area contributed by atoms with Gasteiger partial charge in [-0.05, 0) is 84.4 Å². The number of benzene rings is 4. The largest absolute Gasteiger partial charge is 0.473 e. The monoisotopic (exact) mass is 752 g/mol. The van der Waals surface area contributed by atoms with Crippen LogP contribution in [0.25, 0.3) is 0 Å². The highest BCUT2D eigenvalue weighted by Gasteiger charge is 2.41. The molecule has 0 spiro atoms. The normalized spacial score (nSPS) is 19.6. The number of aromatic nitrogens is 1. The van der Waals surface area contributed by atoms with E-state index in [0.29, 0.717) is 61.5 Å². The molecule has 2 heterocycles. The highest BCUT2D eigenvalue weighted by molar-refractivity contribution is 6.10. The van der Waals surface area contributed by atoms with Gasteiger partial charge in [-0.1, -0.05) is 103 Å². The summed E-state index contributed by atoms with van der Waals surface area (Å²) in [5.41, 5.74) is 5.39. The third-order valence-electron chi connectivity index (χ3n) is 11.1. The second-order valence-corrected chi connectivity index (χ2v) is 15.2. The van der Waals surface area contributed by atoms with Gasteiger partial charge in [-0.25, -0.2) is 4.79 Å². The Hall–Kier alpha value is -5.71. The number of fused-ring (bicyclic) bond motifs is 1. The molecule has 10 nitrogen and oxygen atoms in total. The van der Waals surface area contributed by atoms with Gasteiger partial charge in [-0.3, -0.25) is 9.69 Å². The van der Waals surface area contributed by atoms with Gasteiger partial charge in [-0.2, -0.15) is 4.98 Å². The molecule has 0 bridgehead atoms. The topological polar surface area (TPSA) is 122 Å². The van der Waals surface area contributed by atoms with Gasteiger partial charge in [0.25, 0.3) is 5.91 Å². The number of nitrogens with zero attached hydrogens (tertiary/aromatic N) is 2. The first-order valence-electron chi connectivity index (χ1n) is 19.6. The molecule has 3 aliphatic rings. The summed E-state index contributed by atoms with van der Waals surface area (Å²) in [6.45, 7) is 1.39. The van der Waals surface area contributed by atoms with Crippen LogP contribution >= 0.6 is 0 Å². The summed E-state index contributed by atoms with van der Waals surface area (Å²) in [5, 5.41) is 18.1. The fraction of sp³-hybridized carbons (Fsp3) is 0.326. The molecule has 8 rings (SSSR count). The highest BCUT2D eigenvalue weighted by atomic mass is 16.5. The summed E-state index contributed by atoms with van der Waals surface area (Å²) in [6.07, 6.45) is 4.37. The Morgan fingerprint density at radius 3 is 2.04 bits per heavy atom. The molecule has 0 radical (unpaired) electrons. The first-order valence-corrected chi connectivity index (χ1v) is 19.6. The molecule has 0 saturated heterocycles. The number of pyridine rings is 1. The summed E-state index contributed by atoms with van der Waals surface area (Å²) in [6, 6.07) is 39.4. The molecule has 1 unspecified atom stereocenters. The number of carbonyl (C=O) groups is 2. The van der Waals surface area contributed by atoms with Crippen LogP contribution in [-0.4, -0.2) is 40.3 Å². The smallest absolute Gasteiger partial charge is 0.407 e. The minimum atomic E-state index is -0.990. The second kappa shape index (κ2) is 17.0. The third-order valence-corrected chi connectivity index (χ3v) is 11.1. The summed E-state index contributed by atoms with van der Waals surface area (Å²) in [5.74, 6) is 1.15. The predicted molar refractivity (Wildman–Crippen MR) is 213 cm³/mol. The summed E-state index contributed by atoms with van der Waals surface area (Å²) in [4.78, 5) is 33.1. The quantitative estimate of drug-likeness (QED) is 0.0983. The standard InChI is InChI=1S/C46H48N4O6/c51-44-38-18-10-17-37(42(35-19-20-35)48-36-23-25-46(53,26-24-36)31-47-45(52)56-30-34-15-8-3-9-16-34)39(38)27-50(44)40-21-22-41(54-28-32-11-4-1-5-12-32)49-43(40)55-29-33-13-6-2-7-14-33/h1-18,21-22,35-36,42,48,53H,19-20,23-31H2,(H,47,52). The van der Waals surface area contributed by atoms with Gasteiger partial charge in [0.15, 0.2) is 0 Å². The van der Waals surface area contributed by atoms with Crippen molar-refractivity contribution in [2.75, 3.05) is 11.4 Å². The zero-order chi connectivity index (χ0) is 38.3. The number of hydrogen-bond acceptors (Lipinski definition) is 8. The molecule has 2 aliphatic carbocycles. The molecule has 288 valence electrons. The van der Waals surface area contributed by atoms with Crippen molar-refractivity contribution in [1.29, 1.82) is 0 Å². The van der Waals surface area contributed by atoms with E-state index >= 15 is 0 Å². The first-order chi connectivity index (χ1) is 27.4. The molecular formula is C46H48N4O6. The number of ether oxygens (including phenoxy) is 3. The predicted octanol–water partition coefficient (Wildman–Crippen LogP) is 8.04. The maximum atomic E-state index is 14.2. The maximum absolute atomic E-state index is 14.2. The fourth-order valence-corrected chi connectivity index (χ4v) is 7.78. The van der Waals surface area contributed by atoms with Crippen molar-refractivity contribution in [1.82, 2.24) is 15.6 Å². The summed E-state index contributed by atoms with van der Waals surface area (Å²) in [7, 11) is 0. The van der Waals surface area contributed by atoms with Crippen molar-refractivity contribution in [2.45, 2.75) is 82.6 Å². The van der Waals surface area contributed by atoms with Gasteiger partial charge in [0.1, 0.15) is 25.5 Å². The van der Waals surface area contributed by atoms with Crippen LogP contribution < -0.4 is 25.0 Å². The van der Waals surface area contributed by atoms with Gasteiger partial charge in [0, 0.05) is 30.3 Å². The van der Waals surface area contributed by atoms with Gasteiger partial charge in [-0.15, -0.1) is 0 Å². The van der Waals surface area contributed by atoms with Crippen LogP contribution in [0.4, 0.5) is 10.5 Å². The van der Waals surface area contributed by atoms with Crippen molar-refractivity contribution in [3.63, 3.8) is 0 Å². The van der Waals surface area contributed by atoms with Crippen LogP contribution in [0.3, 0.4) is 0 Å². The van der Waals surface area contributed by atoms with Crippen LogP contribution in [-0.2, 0) is 31.1 Å². The van der Waals surface area contributed by atoms with Crippen LogP contribution in [0.1, 0.15) is 82.7 Å². The molecule has 2 fully saturated rings. The second-order valence-electron chi connectivity index (χ2n) is 15.2. The molecule has 1 atom stereocenters. The zero-order valence-corrected chi connectivity index (χ0v) is 31.4. The van der Waals surface area contributed by atoms with E-state index in [2.05, 4.69) is 16.7 Å². The fourth-order valence-electron chi connectivity index (χ4n) is 7.78. The molecule has 1 aliphatic heterocycles. The lowest BCUT2D eigenvalue weighted by Crippen LogP contribution is -2.49.